The van der Waals surface area contributed by atoms with Gasteiger partial charge in [-0.2, -0.15) is 0 Å². The molecule has 3 rings (SSSR count). The third kappa shape index (κ3) is 5.81. The summed E-state index contributed by atoms with van der Waals surface area (Å²) in [4.78, 5) is 23.4. The number of aryl methyl sites for hydroxylation is 1. The number of benzene rings is 2. The molecule has 2 aromatic carbocycles. The third-order valence-electron chi connectivity index (χ3n) is 5.05. The maximum atomic E-state index is 13.2. The second-order valence-corrected chi connectivity index (χ2v) is 9.54. The Bertz CT molecular complexity index is 1100. The van der Waals surface area contributed by atoms with E-state index in [4.69, 9.17) is 9.39 Å². The van der Waals surface area contributed by atoms with Gasteiger partial charge in [-0.3, -0.25) is 9.59 Å². The smallest absolute Gasteiger partial charge is 0.466 e. The first-order chi connectivity index (χ1) is 14.7. The Morgan fingerprint density at radius 3 is 2.61 bits per heavy atom. The highest BCUT2D eigenvalue weighted by Crippen LogP contribution is 2.24. The molecule has 0 saturated heterocycles. The van der Waals surface area contributed by atoms with E-state index >= 15 is 0 Å². The van der Waals surface area contributed by atoms with Crippen LogP contribution in [0.25, 0.3) is 0 Å². The van der Waals surface area contributed by atoms with Crippen molar-refractivity contribution >= 4 is 34.2 Å². The van der Waals surface area contributed by atoms with Gasteiger partial charge in [-0.1, -0.05) is 30.3 Å². The van der Waals surface area contributed by atoms with E-state index in [0.29, 0.717) is 28.8 Å². The van der Waals surface area contributed by atoms with Crippen LogP contribution in [0, 0.1) is 0 Å². The molecule has 7 nitrogen and oxygen atoms in total. The number of Topliss-reactive ketones (excluding diaryl/α,β-unsaturated/α-hetero) is 1. The Kier molecular flexibility index (Phi) is 7.30. The maximum Gasteiger partial charge on any atom is 0.491 e. The molecule has 0 fully saturated rings. The van der Waals surface area contributed by atoms with Crippen LogP contribution in [0.5, 0.6) is 0 Å². The molecule has 0 atom stereocenters. The zero-order chi connectivity index (χ0) is 22.6. The predicted octanol–water partition coefficient (Wildman–Crippen LogP) is 1.51. The number of sulfone groups is 1. The van der Waals surface area contributed by atoms with Crippen LogP contribution < -0.4 is 5.46 Å². The number of esters is 1. The number of fused-ring (bicyclic) bond motifs is 1. The van der Waals surface area contributed by atoms with E-state index in [9.17, 15) is 23.0 Å². The lowest BCUT2D eigenvalue weighted by atomic mass is 9.79. The van der Waals surface area contributed by atoms with E-state index < -0.39 is 22.9 Å². The first-order valence-corrected chi connectivity index (χ1v) is 11.8. The summed E-state index contributed by atoms with van der Waals surface area (Å²) < 4.78 is 36.6. The van der Waals surface area contributed by atoms with Crippen LogP contribution in [0.1, 0.15) is 42.5 Å². The highest BCUT2D eigenvalue weighted by atomic mass is 32.2. The summed E-state index contributed by atoms with van der Waals surface area (Å²) in [5, 5.41) is 9.89. The van der Waals surface area contributed by atoms with E-state index in [1.807, 2.05) is 0 Å². The monoisotopic (exact) mass is 444 g/mol. The van der Waals surface area contributed by atoms with Gasteiger partial charge in [0.2, 0.25) is 0 Å². The molecule has 164 valence electrons. The summed E-state index contributed by atoms with van der Waals surface area (Å²) >= 11 is 0. The minimum atomic E-state index is -3.74. The van der Waals surface area contributed by atoms with Crippen molar-refractivity contribution < 1.29 is 32.4 Å². The van der Waals surface area contributed by atoms with Gasteiger partial charge in [0.05, 0.1) is 23.9 Å². The van der Waals surface area contributed by atoms with Crippen LogP contribution in [-0.4, -0.2) is 38.9 Å². The molecule has 0 spiro atoms. The molecule has 0 bridgehead atoms. The third-order valence-corrected chi connectivity index (χ3v) is 6.83. The Hall–Kier alpha value is -2.49. The minimum absolute atomic E-state index is 0.0362. The summed E-state index contributed by atoms with van der Waals surface area (Å²) in [6.07, 6.45) is 0.424. The van der Waals surface area contributed by atoms with Crippen molar-refractivity contribution in [1.82, 2.24) is 0 Å². The van der Waals surface area contributed by atoms with Crippen LogP contribution in [0.4, 0.5) is 0 Å². The fourth-order valence-electron chi connectivity index (χ4n) is 3.65. The van der Waals surface area contributed by atoms with Gasteiger partial charge < -0.3 is 14.4 Å². The molecule has 9 heteroatoms. The highest BCUT2D eigenvalue weighted by Gasteiger charge is 2.28. The van der Waals surface area contributed by atoms with Gasteiger partial charge in [0.25, 0.3) is 0 Å². The summed E-state index contributed by atoms with van der Waals surface area (Å²) in [5.41, 5.74) is 3.12. The SMILES string of the molecule is CCOC(=O)CCc1cc(CC(C)=O)ccc1S(=O)(=O)Cc1ccc2c(c1)B(O)OC2. The molecular weight excluding hydrogens is 419 g/mol. The van der Waals surface area contributed by atoms with Gasteiger partial charge in [-0.15, -0.1) is 0 Å². The molecule has 2 aromatic rings. The topological polar surface area (TPSA) is 107 Å². The number of carbonyl (C=O) groups excluding carboxylic acids is 2. The first kappa shape index (κ1) is 23.2. The average Bonchev–Trinajstić information content (AvgIpc) is 3.06. The second-order valence-electron chi connectivity index (χ2n) is 7.58. The Morgan fingerprint density at radius 2 is 1.90 bits per heavy atom. The average molecular weight is 444 g/mol. The minimum Gasteiger partial charge on any atom is -0.466 e. The van der Waals surface area contributed by atoms with Crippen LogP contribution in [0.2, 0.25) is 0 Å². The Balaban J connectivity index is 1.90. The summed E-state index contributed by atoms with van der Waals surface area (Å²) in [6, 6.07) is 9.91. The molecule has 0 saturated carbocycles. The molecule has 1 N–H and O–H groups in total. The van der Waals surface area contributed by atoms with Gasteiger partial charge in [-0.05, 0) is 54.1 Å². The van der Waals surface area contributed by atoms with Crippen molar-refractivity contribution in [1.29, 1.82) is 0 Å². The fourth-order valence-corrected chi connectivity index (χ4v) is 5.26. The molecule has 0 radical (unpaired) electrons. The largest absolute Gasteiger partial charge is 0.491 e. The zero-order valence-corrected chi connectivity index (χ0v) is 18.4. The van der Waals surface area contributed by atoms with Crippen molar-refractivity contribution in [2.75, 3.05) is 6.61 Å². The molecule has 1 aliphatic heterocycles. The van der Waals surface area contributed by atoms with E-state index in [-0.39, 0.29) is 42.3 Å². The van der Waals surface area contributed by atoms with E-state index in [0.717, 1.165) is 5.56 Å². The van der Waals surface area contributed by atoms with Gasteiger partial charge in [-0.25, -0.2) is 8.42 Å². The molecule has 31 heavy (non-hydrogen) atoms. The number of hydrogen-bond acceptors (Lipinski definition) is 7. The van der Waals surface area contributed by atoms with Gasteiger partial charge in [0.1, 0.15) is 5.78 Å². The standard InChI is InChI=1S/C22H25BO7S/c1-3-29-22(25)9-7-18-11-16(10-15(2)24)5-8-21(18)31(27,28)14-17-4-6-19-13-30-23(26)20(19)12-17/h4-6,8,11-12,26H,3,7,9-10,13-14H2,1-2H3. The summed E-state index contributed by atoms with van der Waals surface area (Å²) in [5.74, 6) is -0.702. The normalized spacial score (nSPS) is 13.2. The van der Waals surface area contributed by atoms with Crippen molar-refractivity contribution in [2.24, 2.45) is 0 Å². The number of ketones is 1. The highest BCUT2D eigenvalue weighted by molar-refractivity contribution is 7.90. The van der Waals surface area contributed by atoms with Crippen molar-refractivity contribution in [3.05, 3.63) is 58.7 Å². The van der Waals surface area contributed by atoms with Crippen LogP contribution in [0.3, 0.4) is 0 Å². The summed E-state index contributed by atoms with van der Waals surface area (Å²) in [7, 11) is -4.80. The molecule has 0 unspecified atom stereocenters. The number of rotatable bonds is 9. The van der Waals surface area contributed by atoms with Gasteiger partial charge in [0.15, 0.2) is 9.84 Å². The molecule has 0 aromatic heterocycles. The lowest BCUT2D eigenvalue weighted by Gasteiger charge is -2.13. The number of hydrogen-bond donors (Lipinski definition) is 1. The number of ether oxygens (including phenoxy) is 1. The molecule has 0 amide bonds. The lowest BCUT2D eigenvalue weighted by Crippen LogP contribution is -2.28. The van der Waals surface area contributed by atoms with Crippen molar-refractivity contribution in [2.45, 2.75) is 50.4 Å². The predicted molar refractivity (Wildman–Crippen MR) is 116 cm³/mol. The molecular formula is C22H25BO7S. The van der Waals surface area contributed by atoms with E-state index in [2.05, 4.69) is 0 Å². The van der Waals surface area contributed by atoms with Crippen molar-refractivity contribution in [3.8, 4) is 0 Å². The molecule has 1 heterocycles. The lowest BCUT2D eigenvalue weighted by molar-refractivity contribution is -0.143. The number of carbonyl (C=O) groups is 2. The second kappa shape index (κ2) is 9.76. The van der Waals surface area contributed by atoms with E-state index in [1.54, 1.807) is 37.3 Å². The Labute approximate surface area is 182 Å². The zero-order valence-electron chi connectivity index (χ0n) is 17.6. The van der Waals surface area contributed by atoms with Crippen LogP contribution >= 0.6 is 0 Å². The molecule has 1 aliphatic rings. The summed E-state index contributed by atoms with van der Waals surface area (Å²) in [6.45, 7) is 3.72. The Morgan fingerprint density at radius 1 is 1.16 bits per heavy atom. The van der Waals surface area contributed by atoms with E-state index in [1.165, 1.54) is 13.0 Å². The van der Waals surface area contributed by atoms with Crippen molar-refractivity contribution in [3.63, 3.8) is 0 Å². The molecule has 0 aliphatic carbocycles. The van der Waals surface area contributed by atoms with Gasteiger partial charge in [0, 0.05) is 12.8 Å². The van der Waals surface area contributed by atoms with Gasteiger partial charge >= 0.3 is 13.1 Å². The first-order valence-electron chi connectivity index (χ1n) is 10.1. The maximum absolute atomic E-state index is 13.2. The van der Waals surface area contributed by atoms with Crippen LogP contribution in [-0.2, 0) is 54.0 Å². The fraction of sp³-hybridized carbons (Fsp3) is 0.364. The van der Waals surface area contributed by atoms with Crippen LogP contribution in [0.15, 0.2) is 41.3 Å². The quantitative estimate of drug-likeness (QED) is 0.462.